The molecule has 0 atom stereocenters. The van der Waals surface area contributed by atoms with E-state index in [2.05, 4.69) is 299 Å². The second-order valence-electron chi connectivity index (χ2n) is 19.5. The van der Waals surface area contributed by atoms with Crippen LogP contribution in [0, 0.1) is 0 Å². The number of aromatic nitrogens is 1. The molecule has 0 amide bonds. The molecule has 1 aliphatic heterocycles. The number of hydrogen-bond donors (Lipinski definition) is 0. The van der Waals surface area contributed by atoms with E-state index in [-0.39, 0.29) is 0 Å². The largest absolute Gasteiger partial charge is 0.310 e. The highest BCUT2D eigenvalue weighted by atomic mass is 15.2. The number of anilines is 6. The normalized spacial score (nSPS) is 12.9. The van der Waals surface area contributed by atoms with Crippen LogP contribution in [0.1, 0.15) is 22.3 Å². The Kier molecular flexibility index (Phi) is 9.48. The first-order chi connectivity index (χ1) is 36.8. The molecule has 0 radical (unpaired) electrons. The summed E-state index contributed by atoms with van der Waals surface area (Å²) in [7, 11) is 0. The molecule has 2 heterocycles. The van der Waals surface area contributed by atoms with E-state index in [1.54, 1.807) is 0 Å². The Labute approximate surface area is 430 Å². The quantitative estimate of drug-likeness (QED) is 0.158. The molecule has 0 saturated carbocycles. The highest BCUT2D eigenvalue weighted by Gasteiger charge is 2.52. The van der Waals surface area contributed by atoms with Crippen molar-refractivity contribution in [2.24, 2.45) is 0 Å². The van der Waals surface area contributed by atoms with E-state index < -0.39 is 5.41 Å². The van der Waals surface area contributed by atoms with Gasteiger partial charge in [0.25, 0.3) is 0 Å². The van der Waals surface area contributed by atoms with Crippen LogP contribution in [0.5, 0.6) is 0 Å². The zero-order chi connectivity index (χ0) is 48.7. The minimum atomic E-state index is -0.618. The molecule has 1 spiro atoms. The zero-order valence-electron chi connectivity index (χ0n) is 40.5. The molecule has 0 fully saturated rings. The third-order valence-electron chi connectivity index (χ3n) is 15.8. The van der Waals surface area contributed by atoms with Crippen LogP contribution in [0.2, 0.25) is 0 Å². The van der Waals surface area contributed by atoms with Gasteiger partial charge in [-0.05, 0) is 140 Å². The van der Waals surface area contributed by atoms with Gasteiger partial charge in [-0.1, -0.05) is 206 Å². The monoisotopic (exact) mass is 941 g/mol. The SMILES string of the molecule is c1ccc(N2c3ccccc3C3(c4ccccc4-c4ccc(N(c5ccc(-n6c7ccccc7c7ccccc76)cc5)c5ccccc5-c5ccccc5-c5cccc6ccccc56)cc43)c3ccccc32)cc1. The van der Waals surface area contributed by atoms with E-state index in [0.29, 0.717) is 0 Å². The average molecular weight is 942 g/mol. The minimum absolute atomic E-state index is 0.618. The number of benzene rings is 12. The van der Waals surface area contributed by atoms with Crippen LogP contribution >= 0.6 is 0 Å². The Morgan fingerprint density at radius 2 is 0.770 bits per heavy atom. The third-order valence-corrected chi connectivity index (χ3v) is 15.8. The summed E-state index contributed by atoms with van der Waals surface area (Å²) in [5.74, 6) is 0. The van der Waals surface area contributed by atoms with Crippen LogP contribution < -0.4 is 9.80 Å². The Morgan fingerprint density at radius 1 is 0.284 bits per heavy atom. The Balaban J connectivity index is 0.983. The highest BCUT2D eigenvalue weighted by Crippen LogP contribution is 2.64. The summed E-state index contributed by atoms with van der Waals surface area (Å²) in [6.07, 6.45) is 0. The van der Waals surface area contributed by atoms with E-state index in [9.17, 15) is 0 Å². The van der Waals surface area contributed by atoms with Crippen LogP contribution in [0.25, 0.3) is 71.6 Å². The van der Waals surface area contributed by atoms with Crippen molar-refractivity contribution in [2.75, 3.05) is 9.80 Å². The number of hydrogen-bond acceptors (Lipinski definition) is 2. The predicted molar refractivity (Wildman–Crippen MR) is 309 cm³/mol. The molecule has 2 aliphatic rings. The molecule has 12 aromatic carbocycles. The number of para-hydroxylation sites is 6. The minimum Gasteiger partial charge on any atom is -0.310 e. The maximum atomic E-state index is 2.51. The average Bonchev–Trinajstić information content (AvgIpc) is 4.09. The topological polar surface area (TPSA) is 11.4 Å². The molecule has 3 heteroatoms. The molecule has 0 unspecified atom stereocenters. The molecule has 346 valence electrons. The van der Waals surface area contributed by atoms with Gasteiger partial charge in [0, 0.05) is 39.1 Å². The first kappa shape index (κ1) is 42.0. The molecule has 1 aromatic heterocycles. The molecule has 3 nitrogen and oxygen atoms in total. The number of nitrogens with zero attached hydrogens (tertiary/aromatic N) is 3. The smallest absolute Gasteiger partial charge is 0.0755 e. The van der Waals surface area contributed by atoms with Crippen LogP contribution in [-0.4, -0.2) is 4.57 Å². The summed E-state index contributed by atoms with van der Waals surface area (Å²) in [6.45, 7) is 0. The maximum absolute atomic E-state index is 2.51. The fraction of sp³-hybridized carbons (Fsp3) is 0.0141. The van der Waals surface area contributed by atoms with Gasteiger partial charge in [0.05, 0.1) is 33.5 Å². The molecular formula is C71H47N3. The van der Waals surface area contributed by atoms with Gasteiger partial charge < -0.3 is 14.4 Å². The lowest BCUT2D eigenvalue weighted by Gasteiger charge is -2.45. The molecular weight excluding hydrogens is 895 g/mol. The van der Waals surface area contributed by atoms with Crippen LogP contribution in [-0.2, 0) is 5.41 Å². The Bertz CT molecular complexity index is 4230. The van der Waals surface area contributed by atoms with E-state index >= 15 is 0 Å². The number of fused-ring (bicyclic) bond motifs is 13. The Hall–Kier alpha value is -9.70. The van der Waals surface area contributed by atoms with Crippen molar-refractivity contribution < 1.29 is 0 Å². The van der Waals surface area contributed by atoms with Crippen molar-refractivity contribution in [3.05, 3.63) is 307 Å². The maximum Gasteiger partial charge on any atom is 0.0755 e. The lowest BCUT2D eigenvalue weighted by atomic mass is 9.64. The second kappa shape index (κ2) is 16.7. The van der Waals surface area contributed by atoms with Crippen molar-refractivity contribution in [1.29, 1.82) is 0 Å². The highest BCUT2D eigenvalue weighted by molar-refractivity contribution is 6.09. The van der Waals surface area contributed by atoms with Gasteiger partial charge in [0.15, 0.2) is 0 Å². The van der Waals surface area contributed by atoms with Crippen LogP contribution in [0.15, 0.2) is 285 Å². The molecule has 13 aromatic rings. The number of rotatable bonds is 7. The van der Waals surface area contributed by atoms with Crippen molar-refractivity contribution >= 4 is 66.7 Å². The van der Waals surface area contributed by atoms with Gasteiger partial charge in [0.2, 0.25) is 0 Å². The fourth-order valence-corrected chi connectivity index (χ4v) is 12.8. The molecule has 0 N–H and O–H groups in total. The lowest BCUT2D eigenvalue weighted by Crippen LogP contribution is -2.36. The predicted octanol–water partition coefficient (Wildman–Crippen LogP) is 18.9. The Morgan fingerprint density at radius 3 is 1.47 bits per heavy atom. The summed E-state index contributed by atoms with van der Waals surface area (Å²) in [5.41, 5.74) is 21.9. The molecule has 0 saturated heterocycles. The van der Waals surface area contributed by atoms with E-state index in [0.717, 1.165) is 34.0 Å². The van der Waals surface area contributed by atoms with Crippen molar-refractivity contribution in [2.45, 2.75) is 5.41 Å². The van der Waals surface area contributed by atoms with Gasteiger partial charge in [-0.3, -0.25) is 0 Å². The van der Waals surface area contributed by atoms with Gasteiger partial charge in [-0.2, -0.15) is 0 Å². The zero-order valence-corrected chi connectivity index (χ0v) is 40.5. The summed E-state index contributed by atoms with van der Waals surface area (Å²) in [5, 5.41) is 4.96. The van der Waals surface area contributed by atoms with Crippen molar-refractivity contribution in [3.63, 3.8) is 0 Å². The summed E-state index contributed by atoms with van der Waals surface area (Å²) in [6, 6.07) is 105. The standard InChI is InChI=1S/C71H47N3/c1-2-23-49(24-3-1)74-69-39-18-13-34-63(69)71(64-35-14-19-40-70(64)74)62-33-12-8-28-57(62)58-46-45-52(47-65(58)71)72(50-41-43-51(44-42-50)73-67-37-16-10-30-60(67)61-31-11-17-38-68(61)73)66-36-15-9-29-59(66)56-27-7-6-26-55(56)54-32-20-22-48-21-4-5-25-53(48)54/h1-47H. The molecule has 15 rings (SSSR count). The molecule has 0 bridgehead atoms. The van der Waals surface area contributed by atoms with Crippen molar-refractivity contribution in [1.82, 2.24) is 4.57 Å². The first-order valence-electron chi connectivity index (χ1n) is 25.6. The van der Waals surface area contributed by atoms with Gasteiger partial charge in [-0.25, -0.2) is 0 Å². The summed E-state index contributed by atoms with van der Waals surface area (Å²) < 4.78 is 2.40. The van der Waals surface area contributed by atoms with Gasteiger partial charge >= 0.3 is 0 Å². The van der Waals surface area contributed by atoms with E-state index in [1.807, 2.05) is 0 Å². The van der Waals surface area contributed by atoms with Crippen LogP contribution in [0.4, 0.5) is 34.1 Å². The lowest BCUT2D eigenvalue weighted by molar-refractivity contribution is 0.752. The molecule has 74 heavy (non-hydrogen) atoms. The van der Waals surface area contributed by atoms with E-state index in [1.165, 1.54) is 94.0 Å². The van der Waals surface area contributed by atoms with Crippen molar-refractivity contribution in [3.8, 4) is 39.1 Å². The third kappa shape index (κ3) is 6.14. The van der Waals surface area contributed by atoms with Gasteiger partial charge in [-0.15, -0.1) is 0 Å². The summed E-state index contributed by atoms with van der Waals surface area (Å²) in [4.78, 5) is 4.95. The summed E-state index contributed by atoms with van der Waals surface area (Å²) >= 11 is 0. The molecule has 1 aliphatic carbocycles. The fourth-order valence-electron chi connectivity index (χ4n) is 12.8. The first-order valence-corrected chi connectivity index (χ1v) is 25.6. The van der Waals surface area contributed by atoms with E-state index in [4.69, 9.17) is 0 Å². The van der Waals surface area contributed by atoms with Gasteiger partial charge in [0.1, 0.15) is 0 Å². The second-order valence-corrected chi connectivity index (χ2v) is 19.5. The van der Waals surface area contributed by atoms with Crippen LogP contribution in [0.3, 0.4) is 0 Å².